The molecule has 0 spiro atoms. The van der Waals surface area contributed by atoms with E-state index in [9.17, 15) is 9.18 Å². The predicted octanol–water partition coefficient (Wildman–Crippen LogP) is 3.13. The highest BCUT2D eigenvalue weighted by Crippen LogP contribution is 2.19. The van der Waals surface area contributed by atoms with Crippen LogP contribution in [0.5, 0.6) is 11.6 Å². The van der Waals surface area contributed by atoms with Crippen LogP contribution >= 0.6 is 15.9 Å². The van der Waals surface area contributed by atoms with Crippen molar-refractivity contribution in [2.75, 3.05) is 5.32 Å². The molecule has 1 atom stereocenters. The molecular weight excluding hydrogens is 329 g/mol. The van der Waals surface area contributed by atoms with Crippen LogP contribution in [0, 0.1) is 5.82 Å². The number of amides is 1. The molecular formula is C13H11BrFN3O2. The molecule has 0 saturated carbocycles. The minimum absolute atomic E-state index is 0.216. The van der Waals surface area contributed by atoms with Gasteiger partial charge < -0.3 is 10.1 Å². The van der Waals surface area contributed by atoms with Gasteiger partial charge in [0.05, 0.1) is 17.2 Å². The van der Waals surface area contributed by atoms with Gasteiger partial charge in [0.1, 0.15) is 11.6 Å². The molecule has 0 aliphatic carbocycles. The second-order valence-electron chi connectivity index (χ2n) is 3.90. The summed E-state index contributed by atoms with van der Waals surface area (Å²) in [6, 6.07) is 5.54. The number of carbonyl (C=O) groups is 1. The van der Waals surface area contributed by atoms with Crippen molar-refractivity contribution in [3.63, 3.8) is 0 Å². The molecule has 0 aliphatic rings. The lowest BCUT2D eigenvalue weighted by atomic mass is 10.3. The summed E-state index contributed by atoms with van der Waals surface area (Å²) in [5.74, 6) is 0.470. The summed E-state index contributed by atoms with van der Waals surface area (Å²) < 4.78 is 18.1. The zero-order valence-electron chi connectivity index (χ0n) is 10.5. The van der Waals surface area contributed by atoms with Crippen molar-refractivity contribution in [1.82, 2.24) is 9.97 Å². The average molecular weight is 340 g/mol. The number of alkyl halides is 1. The topological polar surface area (TPSA) is 64.1 Å². The Kier molecular flexibility index (Phi) is 4.62. The minimum atomic E-state index is -0.342. The summed E-state index contributed by atoms with van der Waals surface area (Å²) in [6.07, 6.45) is 2.75. The van der Waals surface area contributed by atoms with Gasteiger partial charge in [-0.05, 0) is 31.2 Å². The zero-order chi connectivity index (χ0) is 14.5. The van der Waals surface area contributed by atoms with Gasteiger partial charge in [-0.2, -0.15) is 0 Å². The van der Waals surface area contributed by atoms with Gasteiger partial charge >= 0.3 is 0 Å². The van der Waals surface area contributed by atoms with Crippen LogP contribution in [0.25, 0.3) is 0 Å². The Bertz CT molecular complexity index is 588. The molecule has 1 aromatic carbocycles. The van der Waals surface area contributed by atoms with Gasteiger partial charge in [0.15, 0.2) is 5.82 Å². The van der Waals surface area contributed by atoms with Gasteiger partial charge in [-0.1, -0.05) is 15.9 Å². The third-order valence-electron chi connectivity index (χ3n) is 2.28. The number of rotatable bonds is 4. The first-order valence-electron chi connectivity index (χ1n) is 5.75. The Hall–Kier alpha value is -2.02. The van der Waals surface area contributed by atoms with Gasteiger partial charge in [0.25, 0.3) is 0 Å². The lowest BCUT2D eigenvalue weighted by Crippen LogP contribution is -2.20. The van der Waals surface area contributed by atoms with Crippen LogP contribution in [0.3, 0.4) is 0 Å². The van der Waals surface area contributed by atoms with Gasteiger partial charge in [-0.15, -0.1) is 0 Å². The molecule has 104 valence electrons. The zero-order valence-corrected chi connectivity index (χ0v) is 12.1. The molecule has 1 N–H and O–H groups in total. The fourth-order valence-electron chi connectivity index (χ4n) is 1.28. The van der Waals surface area contributed by atoms with E-state index < -0.39 is 0 Å². The molecule has 0 bridgehead atoms. The van der Waals surface area contributed by atoms with Crippen molar-refractivity contribution in [3.05, 3.63) is 42.5 Å². The monoisotopic (exact) mass is 339 g/mol. The van der Waals surface area contributed by atoms with E-state index >= 15 is 0 Å². The van der Waals surface area contributed by atoms with Gasteiger partial charge in [-0.25, -0.2) is 14.4 Å². The third kappa shape index (κ3) is 3.99. The van der Waals surface area contributed by atoms with Crippen molar-refractivity contribution in [2.24, 2.45) is 0 Å². The maximum Gasteiger partial charge on any atom is 0.239 e. The van der Waals surface area contributed by atoms with E-state index in [0.717, 1.165) is 0 Å². The van der Waals surface area contributed by atoms with Crippen LogP contribution in [0.1, 0.15) is 6.92 Å². The highest BCUT2D eigenvalue weighted by Gasteiger charge is 2.09. The molecule has 1 aromatic heterocycles. The number of halogens is 2. The van der Waals surface area contributed by atoms with Crippen molar-refractivity contribution >= 4 is 27.7 Å². The quantitative estimate of drug-likeness (QED) is 0.869. The number of hydrogen-bond acceptors (Lipinski definition) is 4. The standard InChI is InChI=1S/C13H11BrFN3O2/c1-8(14)13(19)18-11-6-17-12(7-16-11)20-10-4-2-9(15)3-5-10/h2-8H,1H3,(H,16,18,19). The molecule has 7 heteroatoms. The van der Waals surface area contributed by atoms with Crippen LogP contribution < -0.4 is 10.1 Å². The number of benzene rings is 1. The predicted molar refractivity (Wildman–Crippen MR) is 75.5 cm³/mol. The lowest BCUT2D eigenvalue weighted by molar-refractivity contribution is -0.115. The van der Waals surface area contributed by atoms with Gasteiger partial charge in [0, 0.05) is 0 Å². The molecule has 20 heavy (non-hydrogen) atoms. The highest BCUT2D eigenvalue weighted by molar-refractivity contribution is 9.10. The first-order chi connectivity index (χ1) is 9.54. The van der Waals surface area contributed by atoms with Gasteiger partial charge in [0.2, 0.25) is 11.8 Å². The summed E-state index contributed by atoms with van der Waals surface area (Å²) in [6.45, 7) is 1.70. The van der Waals surface area contributed by atoms with E-state index in [1.807, 2.05) is 0 Å². The highest BCUT2D eigenvalue weighted by atomic mass is 79.9. The second kappa shape index (κ2) is 6.42. The van der Waals surface area contributed by atoms with Crippen molar-refractivity contribution in [3.8, 4) is 11.6 Å². The van der Waals surface area contributed by atoms with Crippen molar-refractivity contribution in [1.29, 1.82) is 0 Å². The largest absolute Gasteiger partial charge is 0.438 e. The SMILES string of the molecule is CC(Br)C(=O)Nc1cnc(Oc2ccc(F)cc2)cn1. The number of nitrogens with one attached hydrogen (secondary N) is 1. The van der Waals surface area contributed by atoms with E-state index in [0.29, 0.717) is 11.6 Å². The van der Waals surface area contributed by atoms with E-state index in [-0.39, 0.29) is 22.4 Å². The van der Waals surface area contributed by atoms with Crippen LogP contribution in [0.4, 0.5) is 10.2 Å². The Labute approximate surface area is 123 Å². The molecule has 0 aliphatic heterocycles. The fraction of sp³-hybridized carbons (Fsp3) is 0.154. The van der Waals surface area contributed by atoms with E-state index in [1.165, 1.54) is 36.7 Å². The molecule has 0 radical (unpaired) electrons. The molecule has 5 nitrogen and oxygen atoms in total. The van der Waals surface area contributed by atoms with Crippen LogP contribution in [-0.2, 0) is 4.79 Å². The number of hydrogen-bond donors (Lipinski definition) is 1. The molecule has 1 unspecified atom stereocenters. The van der Waals surface area contributed by atoms with E-state index in [1.54, 1.807) is 6.92 Å². The normalized spacial score (nSPS) is 11.8. The van der Waals surface area contributed by atoms with Crippen LogP contribution in [0.2, 0.25) is 0 Å². The Morgan fingerprint density at radius 3 is 2.55 bits per heavy atom. The average Bonchev–Trinajstić information content (AvgIpc) is 2.43. The summed E-state index contributed by atoms with van der Waals surface area (Å²) in [5, 5.41) is 2.58. The summed E-state index contributed by atoms with van der Waals surface area (Å²) in [5.41, 5.74) is 0. The summed E-state index contributed by atoms with van der Waals surface area (Å²) in [4.78, 5) is 19.1. The number of ether oxygens (including phenoxy) is 1. The van der Waals surface area contributed by atoms with E-state index in [4.69, 9.17) is 4.74 Å². The Balaban J connectivity index is 2.01. The second-order valence-corrected chi connectivity index (χ2v) is 5.27. The van der Waals surface area contributed by atoms with Crippen molar-refractivity contribution in [2.45, 2.75) is 11.8 Å². The number of nitrogens with zero attached hydrogens (tertiary/aromatic N) is 2. The number of anilines is 1. The van der Waals surface area contributed by atoms with Crippen LogP contribution in [0.15, 0.2) is 36.7 Å². The Morgan fingerprint density at radius 2 is 2.00 bits per heavy atom. The lowest BCUT2D eigenvalue weighted by Gasteiger charge is -2.07. The summed E-state index contributed by atoms with van der Waals surface area (Å²) in [7, 11) is 0. The minimum Gasteiger partial charge on any atom is -0.438 e. The third-order valence-corrected chi connectivity index (χ3v) is 2.69. The smallest absolute Gasteiger partial charge is 0.239 e. The van der Waals surface area contributed by atoms with Gasteiger partial charge in [-0.3, -0.25) is 4.79 Å². The maximum atomic E-state index is 12.7. The number of carbonyl (C=O) groups excluding carboxylic acids is 1. The molecule has 0 fully saturated rings. The van der Waals surface area contributed by atoms with Crippen LogP contribution in [-0.4, -0.2) is 20.7 Å². The first kappa shape index (κ1) is 14.4. The molecule has 0 saturated heterocycles. The number of aromatic nitrogens is 2. The van der Waals surface area contributed by atoms with Crippen molar-refractivity contribution < 1.29 is 13.9 Å². The Morgan fingerprint density at radius 1 is 1.30 bits per heavy atom. The molecule has 1 heterocycles. The molecule has 2 rings (SSSR count). The first-order valence-corrected chi connectivity index (χ1v) is 6.66. The molecule has 2 aromatic rings. The summed E-state index contributed by atoms with van der Waals surface area (Å²) >= 11 is 3.15. The maximum absolute atomic E-state index is 12.7. The van der Waals surface area contributed by atoms with E-state index in [2.05, 4.69) is 31.2 Å². The fourth-order valence-corrected chi connectivity index (χ4v) is 1.40. The molecule has 1 amide bonds.